The fourth-order valence-corrected chi connectivity index (χ4v) is 1.76. The molecule has 0 spiro atoms. The molecule has 0 unspecified atom stereocenters. The molecule has 0 fully saturated rings. The fourth-order valence-electron chi connectivity index (χ4n) is 1.61. The highest BCUT2D eigenvalue weighted by Crippen LogP contribution is 2.35. The van der Waals surface area contributed by atoms with E-state index in [0.717, 1.165) is 11.3 Å². The summed E-state index contributed by atoms with van der Waals surface area (Å²) in [5.74, 6) is 1.22. The normalized spacial score (nSPS) is 10.6. The summed E-state index contributed by atoms with van der Waals surface area (Å²) < 4.78 is 7.43. The van der Waals surface area contributed by atoms with E-state index in [1.165, 1.54) is 0 Å². The maximum Gasteiger partial charge on any atom is 0.217 e. The van der Waals surface area contributed by atoms with Gasteiger partial charge >= 0.3 is 0 Å². The number of benzene rings is 1. The van der Waals surface area contributed by atoms with Gasteiger partial charge < -0.3 is 10.5 Å². The van der Waals surface area contributed by atoms with Crippen molar-refractivity contribution in [3.05, 3.63) is 34.5 Å². The van der Waals surface area contributed by atoms with E-state index in [2.05, 4.69) is 5.10 Å². The Morgan fingerprint density at radius 2 is 2.06 bits per heavy atom. The van der Waals surface area contributed by atoms with Gasteiger partial charge in [-0.05, 0) is 26.0 Å². The Balaban J connectivity index is 2.43. The van der Waals surface area contributed by atoms with Gasteiger partial charge in [0.05, 0.1) is 11.4 Å². The average molecular weight is 252 g/mol. The van der Waals surface area contributed by atoms with Gasteiger partial charge in [0.2, 0.25) is 5.88 Å². The summed E-state index contributed by atoms with van der Waals surface area (Å²) >= 11 is 6.04. The molecule has 17 heavy (non-hydrogen) atoms. The summed E-state index contributed by atoms with van der Waals surface area (Å²) in [6.07, 6.45) is 0. The first-order chi connectivity index (χ1) is 7.99. The quantitative estimate of drug-likeness (QED) is 0.835. The number of aromatic nitrogens is 2. The minimum Gasteiger partial charge on any atom is -0.437 e. The molecule has 1 aromatic heterocycles. The highest BCUT2D eigenvalue weighted by molar-refractivity contribution is 6.31. The van der Waals surface area contributed by atoms with Crippen molar-refractivity contribution in [2.75, 3.05) is 5.73 Å². The summed E-state index contributed by atoms with van der Waals surface area (Å²) in [7, 11) is 1.82. The van der Waals surface area contributed by atoms with Gasteiger partial charge in [0.15, 0.2) is 5.75 Å². The van der Waals surface area contributed by atoms with Gasteiger partial charge in [-0.15, -0.1) is 0 Å². The number of ether oxygens (including phenoxy) is 1. The van der Waals surface area contributed by atoms with E-state index in [1.54, 1.807) is 16.8 Å². The second-order valence-corrected chi connectivity index (χ2v) is 4.35. The Morgan fingerprint density at radius 3 is 2.65 bits per heavy atom. The first-order valence-corrected chi connectivity index (χ1v) is 5.60. The third-order valence-corrected chi connectivity index (χ3v) is 2.95. The van der Waals surface area contributed by atoms with Crippen LogP contribution in [0.5, 0.6) is 11.6 Å². The minimum absolute atomic E-state index is 0.561. The summed E-state index contributed by atoms with van der Waals surface area (Å²) in [5, 5.41) is 4.84. The first kappa shape index (κ1) is 11.8. The van der Waals surface area contributed by atoms with Crippen molar-refractivity contribution in [1.29, 1.82) is 0 Å². The Hall–Kier alpha value is -1.68. The third-order valence-electron chi connectivity index (χ3n) is 2.54. The molecule has 4 nitrogen and oxygen atoms in total. The van der Waals surface area contributed by atoms with Crippen molar-refractivity contribution in [2.45, 2.75) is 13.8 Å². The Labute approximate surface area is 105 Å². The fraction of sp³-hybridized carbons (Fsp3) is 0.250. The second-order valence-electron chi connectivity index (χ2n) is 3.94. The van der Waals surface area contributed by atoms with Gasteiger partial charge in [0.1, 0.15) is 0 Å². The van der Waals surface area contributed by atoms with Gasteiger partial charge in [-0.1, -0.05) is 11.6 Å². The zero-order chi connectivity index (χ0) is 12.6. The van der Waals surface area contributed by atoms with Crippen molar-refractivity contribution >= 4 is 17.3 Å². The molecule has 5 heteroatoms. The van der Waals surface area contributed by atoms with Crippen LogP contribution in [0.3, 0.4) is 0 Å². The first-order valence-electron chi connectivity index (χ1n) is 5.22. The zero-order valence-electron chi connectivity index (χ0n) is 9.99. The number of aryl methyl sites for hydroxylation is 2. The molecule has 0 radical (unpaired) electrons. The maximum atomic E-state index is 6.04. The van der Waals surface area contributed by atoms with Crippen molar-refractivity contribution in [3.63, 3.8) is 0 Å². The molecule has 1 aromatic carbocycles. The number of nitrogen functional groups attached to an aromatic ring is 1. The molecule has 0 aliphatic heterocycles. The SMILES string of the molecule is Cc1cc(Oc2c(N)ccc(Cl)c2C)n(C)n1. The maximum absolute atomic E-state index is 6.04. The van der Waals surface area contributed by atoms with Gasteiger partial charge in [0, 0.05) is 23.7 Å². The monoisotopic (exact) mass is 251 g/mol. The van der Waals surface area contributed by atoms with Crippen LogP contribution in [0.2, 0.25) is 5.02 Å². The van der Waals surface area contributed by atoms with Crippen LogP contribution in [-0.4, -0.2) is 9.78 Å². The van der Waals surface area contributed by atoms with Gasteiger partial charge in [-0.25, -0.2) is 4.68 Å². The van der Waals surface area contributed by atoms with E-state index in [9.17, 15) is 0 Å². The summed E-state index contributed by atoms with van der Waals surface area (Å²) in [6, 6.07) is 5.33. The van der Waals surface area contributed by atoms with Crippen LogP contribution in [0.4, 0.5) is 5.69 Å². The van der Waals surface area contributed by atoms with E-state index >= 15 is 0 Å². The lowest BCUT2D eigenvalue weighted by atomic mass is 10.2. The highest BCUT2D eigenvalue weighted by atomic mass is 35.5. The standard InChI is InChI=1S/C12H14ClN3O/c1-7-6-11(16(3)15-7)17-12-8(2)9(13)4-5-10(12)14/h4-6H,14H2,1-3H3. The van der Waals surface area contributed by atoms with Gasteiger partial charge in [0.25, 0.3) is 0 Å². The average Bonchev–Trinajstić information content (AvgIpc) is 2.58. The molecule has 2 N–H and O–H groups in total. The predicted octanol–water partition coefficient (Wildman–Crippen LogP) is 3.06. The number of nitrogens with zero attached hydrogens (tertiary/aromatic N) is 2. The van der Waals surface area contributed by atoms with E-state index in [0.29, 0.717) is 22.3 Å². The number of rotatable bonds is 2. The number of hydrogen-bond acceptors (Lipinski definition) is 3. The molecule has 2 aromatic rings. The van der Waals surface area contributed by atoms with Crippen LogP contribution in [0.25, 0.3) is 0 Å². The number of hydrogen-bond donors (Lipinski definition) is 1. The lowest BCUT2D eigenvalue weighted by Crippen LogP contribution is -1.99. The number of halogens is 1. The van der Waals surface area contributed by atoms with Crippen LogP contribution in [-0.2, 0) is 7.05 Å². The summed E-state index contributed by atoms with van der Waals surface area (Å²) in [6.45, 7) is 3.78. The third kappa shape index (κ3) is 2.22. The topological polar surface area (TPSA) is 53.1 Å². The molecule has 90 valence electrons. The van der Waals surface area contributed by atoms with Gasteiger partial charge in [-0.2, -0.15) is 5.10 Å². The van der Waals surface area contributed by atoms with Gasteiger partial charge in [-0.3, -0.25) is 0 Å². The van der Waals surface area contributed by atoms with E-state index in [1.807, 2.05) is 27.0 Å². The minimum atomic E-state index is 0.561. The lowest BCUT2D eigenvalue weighted by Gasteiger charge is -2.12. The largest absolute Gasteiger partial charge is 0.437 e. The van der Waals surface area contributed by atoms with Crippen molar-refractivity contribution in [3.8, 4) is 11.6 Å². The Morgan fingerprint density at radius 1 is 1.35 bits per heavy atom. The van der Waals surface area contributed by atoms with Crippen LogP contribution < -0.4 is 10.5 Å². The number of nitrogens with two attached hydrogens (primary N) is 1. The Kier molecular flexibility index (Phi) is 2.98. The molecule has 1 heterocycles. The zero-order valence-corrected chi connectivity index (χ0v) is 10.7. The molecule has 2 rings (SSSR count). The van der Waals surface area contributed by atoms with E-state index in [4.69, 9.17) is 22.1 Å². The molecule has 0 amide bonds. The summed E-state index contributed by atoms with van der Waals surface area (Å²) in [5.41, 5.74) is 8.16. The predicted molar refractivity (Wildman–Crippen MR) is 68.6 cm³/mol. The molecule has 0 bridgehead atoms. The van der Waals surface area contributed by atoms with Crippen LogP contribution >= 0.6 is 11.6 Å². The second kappa shape index (κ2) is 4.30. The van der Waals surface area contributed by atoms with Crippen molar-refractivity contribution in [1.82, 2.24) is 9.78 Å². The highest BCUT2D eigenvalue weighted by Gasteiger charge is 2.12. The molecule has 0 saturated carbocycles. The van der Waals surface area contributed by atoms with Crippen LogP contribution in [0.1, 0.15) is 11.3 Å². The molecule has 0 atom stereocenters. The van der Waals surface area contributed by atoms with Crippen LogP contribution in [0, 0.1) is 13.8 Å². The Bertz CT molecular complexity index is 563. The molecular formula is C12H14ClN3O. The van der Waals surface area contributed by atoms with Crippen molar-refractivity contribution < 1.29 is 4.74 Å². The van der Waals surface area contributed by atoms with Crippen LogP contribution in [0.15, 0.2) is 18.2 Å². The lowest BCUT2D eigenvalue weighted by molar-refractivity contribution is 0.430. The van der Waals surface area contributed by atoms with Crippen molar-refractivity contribution in [2.24, 2.45) is 7.05 Å². The summed E-state index contributed by atoms with van der Waals surface area (Å²) in [4.78, 5) is 0. The van der Waals surface area contributed by atoms with E-state index < -0.39 is 0 Å². The molecular weight excluding hydrogens is 238 g/mol. The molecule has 0 saturated heterocycles. The van der Waals surface area contributed by atoms with E-state index in [-0.39, 0.29) is 0 Å². The number of anilines is 1. The smallest absolute Gasteiger partial charge is 0.217 e. The molecule has 0 aliphatic rings. The molecule has 0 aliphatic carbocycles.